The largest absolute Gasteiger partial charge is 0.338 e. The summed E-state index contributed by atoms with van der Waals surface area (Å²) in [6.45, 7) is 1.07. The molecular weight excluding hydrogens is 320 g/mol. The predicted molar refractivity (Wildman–Crippen MR) is 95.7 cm³/mol. The van der Waals surface area contributed by atoms with Crippen molar-refractivity contribution < 1.29 is 4.79 Å². The van der Waals surface area contributed by atoms with E-state index in [9.17, 15) is 4.79 Å². The van der Waals surface area contributed by atoms with E-state index in [2.05, 4.69) is 20.6 Å². The average molecular weight is 338 g/mol. The minimum Gasteiger partial charge on any atom is -0.338 e. The molecule has 0 unspecified atom stereocenters. The molecule has 0 spiro atoms. The number of urea groups is 1. The summed E-state index contributed by atoms with van der Waals surface area (Å²) in [5.74, 6) is 0. The SMILES string of the molecule is O=C(NCCc1csc(-c2ccccn2)n1)NCc1ccccc1. The van der Waals surface area contributed by atoms with Crippen molar-refractivity contribution in [1.29, 1.82) is 0 Å². The molecular formula is C18H18N4OS. The third-order valence-electron chi connectivity index (χ3n) is 3.40. The van der Waals surface area contributed by atoms with Gasteiger partial charge in [-0.1, -0.05) is 36.4 Å². The van der Waals surface area contributed by atoms with Gasteiger partial charge in [-0.05, 0) is 17.7 Å². The fourth-order valence-corrected chi connectivity index (χ4v) is 3.00. The van der Waals surface area contributed by atoms with Crippen LogP contribution in [-0.2, 0) is 13.0 Å². The van der Waals surface area contributed by atoms with Crippen LogP contribution < -0.4 is 10.6 Å². The van der Waals surface area contributed by atoms with E-state index in [4.69, 9.17) is 0 Å². The van der Waals surface area contributed by atoms with E-state index < -0.39 is 0 Å². The van der Waals surface area contributed by atoms with Gasteiger partial charge in [-0.3, -0.25) is 4.98 Å². The number of hydrogen-bond acceptors (Lipinski definition) is 4. The highest BCUT2D eigenvalue weighted by Gasteiger charge is 2.06. The minimum atomic E-state index is -0.168. The molecule has 0 aliphatic carbocycles. The Morgan fingerprint density at radius 1 is 1.04 bits per heavy atom. The van der Waals surface area contributed by atoms with Crippen molar-refractivity contribution >= 4 is 17.4 Å². The fourth-order valence-electron chi connectivity index (χ4n) is 2.17. The molecule has 0 saturated heterocycles. The third-order valence-corrected chi connectivity index (χ3v) is 4.31. The smallest absolute Gasteiger partial charge is 0.315 e. The van der Waals surface area contributed by atoms with Crippen molar-refractivity contribution in [2.45, 2.75) is 13.0 Å². The van der Waals surface area contributed by atoms with Crippen LogP contribution in [0.2, 0.25) is 0 Å². The molecule has 3 rings (SSSR count). The summed E-state index contributed by atoms with van der Waals surface area (Å²) in [5, 5.41) is 8.60. The lowest BCUT2D eigenvalue weighted by molar-refractivity contribution is 0.240. The van der Waals surface area contributed by atoms with Crippen LogP contribution in [0, 0.1) is 0 Å². The molecule has 2 amide bonds. The molecule has 2 aromatic heterocycles. The first kappa shape index (κ1) is 16.1. The molecule has 0 saturated carbocycles. The number of nitrogens with zero attached hydrogens (tertiary/aromatic N) is 2. The second kappa shape index (κ2) is 8.21. The molecule has 6 heteroatoms. The van der Waals surface area contributed by atoms with E-state index in [1.165, 1.54) is 0 Å². The van der Waals surface area contributed by atoms with Gasteiger partial charge in [0.1, 0.15) is 5.01 Å². The van der Waals surface area contributed by atoms with E-state index in [1.54, 1.807) is 17.5 Å². The van der Waals surface area contributed by atoms with Gasteiger partial charge in [0, 0.05) is 31.1 Å². The summed E-state index contributed by atoms with van der Waals surface area (Å²) in [5.41, 5.74) is 2.92. The fraction of sp³-hybridized carbons (Fsp3) is 0.167. The molecule has 2 N–H and O–H groups in total. The van der Waals surface area contributed by atoms with Gasteiger partial charge in [0.25, 0.3) is 0 Å². The molecule has 0 fully saturated rings. The maximum Gasteiger partial charge on any atom is 0.315 e. The Morgan fingerprint density at radius 2 is 1.88 bits per heavy atom. The highest BCUT2D eigenvalue weighted by molar-refractivity contribution is 7.13. The van der Waals surface area contributed by atoms with Crippen molar-refractivity contribution in [2.24, 2.45) is 0 Å². The number of nitrogens with one attached hydrogen (secondary N) is 2. The Balaban J connectivity index is 1.42. The minimum absolute atomic E-state index is 0.168. The number of hydrogen-bond donors (Lipinski definition) is 2. The summed E-state index contributed by atoms with van der Waals surface area (Å²) in [4.78, 5) is 20.6. The highest BCUT2D eigenvalue weighted by atomic mass is 32.1. The van der Waals surface area contributed by atoms with E-state index in [-0.39, 0.29) is 6.03 Å². The van der Waals surface area contributed by atoms with Crippen LogP contribution in [0.3, 0.4) is 0 Å². The zero-order chi connectivity index (χ0) is 16.6. The predicted octanol–water partition coefficient (Wildman–Crippen LogP) is 3.25. The molecule has 0 aliphatic heterocycles. The molecule has 2 heterocycles. The Morgan fingerprint density at radius 3 is 2.67 bits per heavy atom. The van der Waals surface area contributed by atoms with Crippen LogP contribution in [0.5, 0.6) is 0 Å². The maximum atomic E-state index is 11.8. The standard InChI is InChI=1S/C18H18N4OS/c23-18(21-12-14-6-2-1-3-7-14)20-11-9-15-13-24-17(22-15)16-8-4-5-10-19-16/h1-8,10,13H,9,11-12H2,(H2,20,21,23). The zero-order valence-electron chi connectivity index (χ0n) is 13.1. The normalized spacial score (nSPS) is 10.3. The Bertz CT molecular complexity index is 774. The Hall–Kier alpha value is -2.73. The molecule has 122 valence electrons. The van der Waals surface area contributed by atoms with E-state index in [0.717, 1.165) is 22.0 Å². The lowest BCUT2D eigenvalue weighted by Gasteiger charge is -2.06. The molecule has 0 atom stereocenters. The molecule has 24 heavy (non-hydrogen) atoms. The zero-order valence-corrected chi connectivity index (χ0v) is 13.9. The number of aromatic nitrogens is 2. The number of carbonyl (C=O) groups is 1. The topological polar surface area (TPSA) is 66.9 Å². The van der Waals surface area contributed by atoms with Gasteiger partial charge in [-0.25, -0.2) is 9.78 Å². The molecule has 5 nitrogen and oxygen atoms in total. The molecule has 0 bridgehead atoms. The van der Waals surface area contributed by atoms with E-state index in [1.807, 2.05) is 53.9 Å². The molecule has 0 radical (unpaired) electrons. The van der Waals surface area contributed by atoms with E-state index in [0.29, 0.717) is 19.5 Å². The van der Waals surface area contributed by atoms with Gasteiger partial charge in [0.15, 0.2) is 0 Å². The quantitative estimate of drug-likeness (QED) is 0.725. The Kier molecular flexibility index (Phi) is 5.52. The van der Waals surface area contributed by atoms with E-state index >= 15 is 0 Å². The summed E-state index contributed by atoms with van der Waals surface area (Å²) in [6.07, 6.45) is 2.46. The number of amides is 2. The second-order valence-corrected chi connectivity index (χ2v) is 6.06. The average Bonchev–Trinajstić information content (AvgIpc) is 3.11. The highest BCUT2D eigenvalue weighted by Crippen LogP contribution is 2.21. The van der Waals surface area contributed by atoms with Gasteiger partial charge < -0.3 is 10.6 Å². The first-order valence-electron chi connectivity index (χ1n) is 7.73. The van der Waals surface area contributed by atoms with Crippen molar-refractivity contribution in [3.63, 3.8) is 0 Å². The molecule has 1 aromatic carbocycles. The van der Waals surface area contributed by atoms with Gasteiger partial charge >= 0.3 is 6.03 Å². The first-order valence-corrected chi connectivity index (χ1v) is 8.60. The van der Waals surface area contributed by atoms with Gasteiger partial charge in [-0.15, -0.1) is 11.3 Å². The van der Waals surface area contributed by atoms with Crippen molar-refractivity contribution in [3.8, 4) is 10.7 Å². The van der Waals surface area contributed by atoms with Crippen LogP contribution in [0.15, 0.2) is 60.1 Å². The summed E-state index contributed by atoms with van der Waals surface area (Å²) >= 11 is 1.57. The number of carbonyl (C=O) groups excluding carboxylic acids is 1. The van der Waals surface area contributed by atoms with Crippen LogP contribution in [-0.4, -0.2) is 22.5 Å². The van der Waals surface area contributed by atoms with Crippen molar-refractivity contribution in [3.05, 3.63) is 71.4 Å². The number of rotatable bonds is 6. The number of thiazole rings is 1. The van der Waals surface area contributed by atoms with Gasteiger partial charge in [-0.2, -0.15) is 0 Å². The Labute approximate surface area is 144 Å². The summed E-state index contributed by atoms with van der Waals surface area (Å²) < 4.78 is 0. The lowest BCUT2D eigenvalue weighted by atomic mass is 10.2. The second-order valence-electron chi connectivity index (χ2n) is 5.20. The number of benzene rings is 1. The van der Waals surface area contributed by atoms with Crippen LogP contribution in [0.25, 0.3) is 10.7 Å². The number of pyridine rings is 1. The van der Waals surface area contributed by atoms with Crippen molar-refractivity contribution in [2.75, 3.05) is 6.54 Å². The first-order chi connectivity index (χ1) is 11.8. The summed E-state index contributed by atoms with van der Waals surface area (Å²) in [6, 6.07) is 15.4. The van der Waals surface area contributed by atoms with Gasteiger partial charge in [0.05, 0.1) is 11.4 Å². The lowest BCUT2D eigenvalue weighted by Crippen LogP contribution is -2.36. The van der Waals surface area contributed by atoms with Crippen molar-refractivity contribution in [1.82, 2.24) is 20.6 Å². The maximum absolute atomic E-state index is 11.8. The molecule has 3 aromatic rings. The van der Waals surface area contributed by atoms with Crippen LogP contribution in [0.4, 0.5) is 4.79 Å². The monoisotopic (exact) mass is 338 g/mol. The third kappa shape index (κ3) is 4.63. The molecule has 0 aliphatic rings. The van der Waals surface area contributed by atoms with Crippen LogP contribution >= 0.6 is 11.3 Å². The van der Waals surface area contributed by atoms with Gasteiger partial charge in [0.2, 0.25) is 0 Å². The summed E-state index contributed by atoms with van der Waals surface area (Å²) in [7, 11) is 0. The van der Waals surface area contributed by atoms with Crippen LogP contribution in [0.1, 0.15) is 11.3 Å².